The Morgan fingerprint density at radius 1 is 1.11 bits per heavy atom. The van der Waals surface area contributed by atoms with Gasteiger partial charge in [0.25, 0.3) is 0 Å². The minimum Gasteiger partial charge on any atom is -0.392 e. The van der Waals surface area contributed by atoms with Crippen molar-refractivity contribution in [1.82, 2.24) is 0 Å². The number of carbonyl (C=O) groups is 1. The van der Waals surface area contributed by atoms with Crippen LogP contribution < -0.4 is 11.1 Å². The van der Waals surface area contributed by atoms with Crippen LogP contribution in [0.2, 0.25) is 0 Å². The van der Waals surface area contributed by atoms with E-state index in [-0.39, 0.29) is 16.3 Å². The van der Waals surface area contributed by atoms with Gasteiger partial charge < -0.3 is 11.1 Å². The smallest absolute Gasteiger partial charge is 0.236 e. The fourth-order valence-electron chi connectivity index (χ4n) is 1.45. The Morgan fingerprint density at radius 2 is 1.58 bits per heavy atom. The van der Waals surface area contributed by atoms with E-state index in [1.54, 1.807) is 13.8 Å². The second-order valence-corrected chi connectivity index (χ2v) is 6.71. The second kappa shape index (κ2) is 5.29. The molecule has 0 radical (unpaired) electrons. The number of nitrogens with one attached hydrogen (secondary N) is 1. The van der Waals surface area contributed by atoms with Crippen molar-refractivity contribution < 1.29 is 4.79 Å². The number of nitrogens with two attached hydrogens (primary N) is 1. The van der Waals surface area contributed by atoms with E-state index in [4.69, 9.17) is 18.0 Å². The molecule has 0 aliphatic heterocycles. The van der Waals surface area contributed by atoms with E-state index in [1.165, 1.54) is 5.56 Å². The van der Waals surface area contributed by atoms with Crippen LogP contribution in [0.5, 0.6) is 0 Å². The molecule has 1 aromatic carbocycles. The Balaban J connectivity index is 2.85. The lowest BCUT2D eigenvalue weighted by atomic mass is 9.87. The van der Waals surface area contributed by atoms with Gasteiger partial charge in [-0.3, -0.25) is 4.79 Å². The molecule has 1 rings (SSSR count). The quantitative estimate of drug-likeness (QED) is 0.835. The van der Waals surface area contributed by atoms with Crippen LogP contribution in [0.25, 0.3) is 0 Å². The summed E-state index contributed by atoms with van der Waals surface area (Å²) in [7, 11) is 0. The first-order valence-electron chi connectivity index (χ1n) is 6.27. The predicted octanol–water partition coefficient (Wildman–Crippen LogP) is 3.23. The molecule has 0 bridgehead atoms. The lowest BCUT2D eigenvalue weighted by Gasteiger charge is -2.23. The zero-order chi connectivity index (χ0) is 14.8. The van der Waals surface area contributed by atoms with E-state index < -0.39 is 5.41 Å². The molecule has 0 unspecified atom stereocenters. The largest absolute Gasteiger partial charge is 0.392 e. The Hall–Kier alpha value is -1.42. The van der Waals surface area contributed by atoms with Crippen LogP contribution in [0.3, 0.4) is 0 Å². The van der Waals surface area contributed by atoms with Gasteiger partial charge >= 0.3 is 0 Å². The number of carbonyl (C=O) groups excluding carboxylic acids is 1. The number of thiocarbonyl (C=S) groups is 1. The van der Waals surface area contributed by atoms with Gasteiger partial charge in [-0.1, -0.05) is 45.1 Å². The van der Waals surface area contributed by atoms with Gasteiger partial charge in [0.1, 0.15) is 0 Å². The molecule has 1 aromatic rings. The molecule has 0 aliphatic rings. The van der Waals surface area contributed by atoms with Crippen molar-refractivity contribution in [3.63, 3.8) is 0 Å². The fraction of sp³-hybridized carbons (Fsp3) is 0.467. The van der Waals surface area contributed by atoms with Gasteiger partial charge in [-0.15, -0.1) is 0 Å². The fourth-order valence-corrected chi connectivity index (χ4v) is 1.55. The summed E-state index contributed by atoms with van der Waals surface area (Å²) in [6, 6.07) is 7.83. The van der Waals surface area contributed by atoms with Crippen LogP contribution in [-0.4, -0.2) is 10.9 Å². The van der Waals surface area contributed by atoms with E-state index in [2.05, 4.69) is 26.1 Å². The molecule has 0 spiro atoms. The average Bonchev–Trinajstić information content (AvgIpc) is 2.28. The molecule has 3 nitrogen and oxygen atoms in total. The molecule has 0 heterocycles. The zero-order valence-electron chi connectivity index (χ0n) is 12.2. The van der Waals surface area contributed by atoms with Gasteiger partial charge in [-0.05, 0) is 37.0 Å². The Labute approximate surface area is 120 Å². The molecule has 0 saturated heterocycles. The molecule has 0 aromatic heterocycles. The standard InChI is InChI=1S/C15H22N2OS/c1-14(2,3)10-6-8-11(9-7-10)17-13(18)15(4,5)12(16)19/h6-9H,1-5H3,(H2,16,19)(H,17,18). The molecule has 104 valence electrons. The van der Waals surface area contributed by atoms with Crippen molar-refractivity contribution >= 4 is 28.8 Å². The normalized spacial score (nSPS) is 12.1. The van der Waals surface area contributed by atoms with E-state index in [0.29, 0.717) is 0 Å². The number of benzene rings is 1. The van der Waals surface area contributed by atoms with Gasteiger partial charge in [0.05, 0.1) is 10.4 Å². The van der Waals surface area contributed by atoms with Crippen molar-refractivity contribution in [2.24, 2.45) is 11.1 Å². The Kier molecular flexibility index (Phi) is 4.35. The summed E-state index contributed by atoms with van der Waals surface area (Å²) < 4.78 is 0. The van der Waals surface area contributed by atoms with Crippen molar-refractivity contribution in [3.05, 3.63) is 29.8 Å². The molecular weight excluding hydrogens is 256 g/mol. The third kappa shape index (κ3) is 3.77. The topological polar surface area (TPSA) is 55.1 Å². The van der Waals surface area contributed by atoms with E-state index in [1.807, 2.05) is 24.3 Å². The SMILES string of the molecule is CC(C)(C(=O)Nc1ccc(C(C)(C)C)cc1)C(N)=S. The number of hydrogen-bond acceptors (Lipinski definition) is 2. The van der Waals surface area contributed by atoms with Crippen LogP contribution in [0, 0.1) is 5.41 Å². The minimum atomic E-state index is -0.849. The highest BCUT2D eigenvalue weighted by atomic mass is 32.1. The number of hydrogen-bond donors (Lipinski definition) is 2. The zero-order valence-corrected chi connectivity index (χ0v) is 13.0. The van der Waals surface area contributed by atoms with Gasteiger partial charge in [0, 0.05) is 5.69 Å². The first-order valence-corrected chi connectivity index (χ1v) is 6.68. The van der Waals surface area contributed by atoms with E-state index in [0.717, 1.165) is 5.69 Å². The summed E-state index contributed by atoms with van der Waals surface area (Å²) in [5, 5.41) is 2.84. The lowest BCUT2D eigenvalue weighted by molar-refractivity contribution is -0.121. The second-order valence-electron chi connectivity index (χ2n) is 6.27. The summed E-state index contributed by atoms with van der Waals surface area (Å²) in [5.74, 6) is -0.191. The van der Waals surface area contributed by atoms with Crippen LogP contribution in [-0.2, 0) is 10.2 Å². The molecule has 0 saturated carbocycles. The summed E-state index contributed by atoms with van der Waals surface area (Å²) in [5.41, 5.74) is 6.80. The van der Waals surface area contributed by atoms with Gasteiger partial charge in [0.15, 0.2) is 0 Å². The number of anilines is 1. The van der Waals surface area contributed by atoms with Crippen molar-refractivity contribution in [2.75, 3.05) is 5.32 Å². The molecule has 3 N–H and O–H groups in total. The van der Waals surface area contributed by atoms with Crippen LogP contribution in [0.15, 0.2) is 24.3 Å². The summed E-state index contributed by atoms with van der Waals surface area (Å²) in [4.78, 5) is 12.3. The molecular formula is C15H22N2OS. The minimum absolute atomic E-state index is 0.0979. The molecule has 4 heteroatoms. The molecule has 0 fully saturated rings. The van der Waals surface area contributed by atoms with Crippen molar-refractivity contribution in [3.8, 4) is 0 Å². The maximum atomic E-state index is 12.1. The van der Waals surface area contributed by atoms with Crippen molar-refractivity contribution in [1.29, 1.82) is 0 Å². The summed E-state index contributed by atoms with van der Waals surface area (Å²) >= 11 is 4.91. The molecule has 0 atom stereocenters. The molecule has 1 amide bonds. The highest BCUT2D eigenvalue weighted by Gasteiger charge is 2.30. The monoisotopic (exact) mass is 278 g/mol. The lowest BCUT2D eigenvalue weighted by Crippen LogP contribution is -2.41. The maximum Gasteiger partial charge on any atom is 0.236 e. The van der Waals surface area contributed by atoms with Gasteiger partial charge in [0.2, 0.25) is 5.91 Å². The van der Waals surface area contributed by atoms with Crippen LogP contribution in [0.1, 0.15) is 40.2 Å². The summed E-state index contributed by atoms with van der Waals surface area (Å²) in [6.45, 7) is 9.88. The van der Waals surface area contributed by atoms with Crippen LogP contribution >= 0.6 is 12.2 Å². The highest BCUT2D eigenvalue weighted by Crippen LogP contribution is 2.24. The first kappa shape index (κ1) is 15.6. The third-order valence-corrected chi connectivity index (χ3v) is 3.70. The Morgan fingerprint density at radius 3 is 1.95 bits per heavy atom. The molecule has 19 heavy (non-hydrogen) atoms. The maximum absolute atomic E-state index is 12.1. The Bertz CT molecular complexity index is 484. The first-order chi connectivity index (χ1) is 8.55. The summed E-state index contributed by atoms with van der Waals surface area (Å²) in [6.07, 6.45) is 0. The number of amides is 1. The van der Waals surface area contributed by atoms with Crippen molar-refractivity contribution in [2.45, 2.75) is 40.0 Å². The predicted molar refractivity (Wildman–Crippen MR) is 84.3 cm³/mol. The van der Waals surface area contributed by atoms with Gasteiger partial charge in [-0.25, -0.2) is 0 Å². The van der Waals surface area contributed by atoms with E-state index >= 15 is 0 Å². The van der Waals surface area contributed by atoms with E-state index in [9.17, 15) is 4.79 Å². The third-order valence-electron chi connectivity index (χ3n) is 3.19. The number of rotatable bonds is 3. The average molecular weight is 278 g/mol. The highest BCUT2D eigenvalue weighted by molar-refractivity contribution is 7.80. The van der Waals surface area contributed by atoms with Gasteiger partial charge in [-0.2, -0.15) is 0 Å². The molecule has 0 aliphatic carbocycles. The van der Waals surface area contributed by atoms with Crippen LogP contribution in [0.4, 0.5) is 5.69 Å².